The summed E-state index contributed by atoms with van der Waals surface area (Å²) in [6.45, 7) is 9.31. The van der Waals surface area contributed by atoms with Gasteiger partial charge in [0, 0.05) is 19.0 Å². The highest BCUT2D eigenvalue weighted by Gasteiger charge is 2.39. The first-order valence-corrected chi connectivity index (χ1v) is 4.05. The number of hydrogen-bond acceptors (Lipinski definition) is 2. The van der Waals surface area contributed by atoms with Gasteiger partial charge in [-0.25, -0.2) is 0 Å². The Morgan fingerprint density at radius 3 is 2.91 bits per heavy atom. The molecule has 0 aromatic carbocycles. The summed E-state index contributed by atoms with van der Waals surface area (Å²) in [5.74, 6) is 0.543. The molecule has 0 N–H and O–H groups in total. The van der Waals surface area contributed by atoms with Gasteiger partial charge in [-0.05, 0) is 0 Å². The first kappa shape index (κ1) is 8.47. The van der Waals surface area contributed by atoms with Crippen LogP contribution in [-0.2, 0) is 4.79 Å². The van der Waals surface area contributed by atoms with Gasteiger partial charge >= 0.3 is 0 Å². The van der Waals surface area contributed by atoms with Gasteiger partial charge in [0.05, 0.1) is 6.04 Å². The fraction of sp³-hybridized carbons (Fsp3) is 0.667. The Kier molecular flexibility index (Phi) is 2.45. The highest BCUT2D eigenvalue weighted by molar-refractivity contribution is 5.88. The molecule has 0 aromatic rings. The smallest absolute Gasteiger partial charge is 0.153 e. The summed E-state index contributed by atoms with van der Waals surface area (Å²) in [6.07, 6.45) is 1.84. The molecule has 1 heterocycles. The van der Waals surface area contributed by atoms with E-state index in [1.165, 1.54) is 0 Å². The van der Waals surface area contributed by atoms with E-state index in [9.17, 15) is 4.79 Å². The number of hydrogen-bond donors (Lipinski definition) is 0. The second-order valence-corrected chi connectivity index (χ2v) is 3.32. The largest absolute Gasteiger partial charge is 0.298 e. The van der Waals surface area contributed by atoms with Crippen molar-refractivity contribution in [3.63, 3.8) is 0 Å². The third-order valence-corrected chi connectivity index (χ3v) is 1.98. The number of carbonyl (C=O) groups excluding carboxylic acids is 1. The van der Waals surface area contributed by atoms with Gasteiger partial charge in [-0.3, -0.25) is 9.69 Å². The van der Waals surface area contributed by atoms with E-state index in [2.05, 4.69) is 11.5 Å². The van der Waals surface area contributed by atoms with E-state index in [1.54, 1.807) is 0 Å². The monoisotopic (exact) mass is 153 g/mol. The minimum absolute atomic E-state index is 0.176. The highest BCUT2D eigenvalue weighted by atomic mass is 16.1. The Hall–Kier alpha value is -0.630. The summed E-state index contributed by atoms with van der Waals surface area (Å²) in [5.41, 5.74) is 0. The van der Waals surface area contributed by atoms with Crippen molar-refractivity contribution < 1.29 is 4.79 Å². The van der Waals surface area contributed by atoms with Crippen LogP contribution in [-0.4, -0.2) is 29.8 Å². The Morgan fingerprint density at radius 2 is 2.45 bits per heavy atom. The lowest BCUT2D eigenvalue weighted by atomic mass is 10.1. The lowest BCUT2D eigenvalue weighted by Crippen LogP contribution is -2.18. The predicted molar refractivity (Wildman–Crippen MR) is 45.4 cm³/mol. The molecule has 0 spiro atoms. The summed E-state index contributed by atoms with van der Waals surface area (Å²) >= 11 is 0. The fourth-order valence-corrected chi connectivity index (χ4v) is 1.20. The minimum Gasteiger partial charge on any atom is -0.298 e. The van der Waals surface area contributed by atoms with Crippen molar-refractivity contribution in [2.45, 2.75) is 19.9 Å². The molecule has 2 nitrogen and oxygen atoms in total. The van der Waals surface area contributed by atoms with Crippen molar-refractivity contribution in [1.82, 2.24) is 4.90 Å². The van der Waals surface area contributed by atoms with Crippen LogP contribution in [0.3, 0.4) is 0 Å². The van der Waals surface area contributed by atoms with Gasteiger partial charge < -0.3 is 0 Å². The molecule has 0 amide bonds. The maximum atomic E-state index is 11.3. The van der Waals surface area contributed by atoms with Crippen molar-refractivity contribution in [3.05, 3.63) is 12.7 Å². The van der Waals surface area contributed by atoms with Crippen molar-refractivity contribution in [2.75, 3.05) is 13.1 Å². The molecule has 62 valence electrons. The lowest BCUT2D eigenvalue weighted by molar-refractivity contribution is -0.122. The van der Waals surface area contributed by atoms with Crippen LogP contribution in [0.15, 0.2) is 12.7 Å². The zero-order chi connectivity index (χ0) is 8.43. The Morgan fingerprint density at radius 1 is 1.82 bits per heavy atom. The quantitative estimate of drug-likeness (QED) is 0.445. The van der Waals surface area contributed by atoms with E-state index in [1.807, 2.05) is 19.9 Å². The zero-order valence-electron chi connectivity index (χ0n) is 7.21. The van der Waals surface area contributed by atoms with E-state index < -0.39 is 0 Å². The van der Waals surface area contributed by atoms with Crippen LogP contribution in [0, 0.1) is 5.92 Å². The van der Waals surface area contributed by atoms with Gasteiger partial charge in [-0.2, -0.15) is 0 Å². The van der Waals surface area contributed by atoms with E-state index in [0.29, 0.717) is 5.78 Å². The second kappa shape index (κ2) is 3.18. The number of rotatable bonds is 4. The van der Waals surface area contributed by atoms with E-state index in [0.717, 1.165) is 13.1 Å². The SMILES string of the molecule is C=CCN1CC1C(=O)C(C)C. The van der Waals surface area contributed by atoms with E-state index in [-0.39, 0.29) is 12.0 Å². The first-order valence-electron chi connectivity index (χ1n) is 4.05. The van der Waals surface area contributed by atoms with Crippen LogP contribution in [0.4, 0.5) is 0 Å². The topological polar surface area (TPSA) is 20.1 Å². The molecule has 0 radical (unpaired) electrons. The minimum atomic E-state index is 0.176. The highest BCUT2D eigenvalue weighted by Crippen LogP contribution is 2.20. The maximum absolute atomic E-state index is 11.3. The van der Waals surface area contributed by atoms with E-state index in [4.69, 9.17) is 0 Å². The molecule has 2 unspecified atom stereocenters. The zero-order valence-corrected chi connectivity index (χ0v) is 7.21. The summed E-state index contributed by atoms with van der Waals surface area (Å²) in [4.78, 5) is 13.4. The fourth-order valence-electron chi connectivity index (χ4n) is 1.20. The second-order valence-electron chi connectivity index (χ2n) is 3.32. The molecule has 0 bridgehead atoms. The molecule has 0 aromatic heterocycles. The summed E-state index contributed by atoms with van der Waals surface area (Å²) in [6, 6.07) is 0.202. The molecule has 1 saturated heterocycles. The number of ketones is 1. The van der Waals surface area contributed by atoms with Crippen LogP contribution in [0.25, 0.3) is 0 Å². The van der Waals surface area contributed by atoms with Gasteiger partial charge in [-0.15, -0.1) is 6.58 Å². The average Bonchev–Trinajstić information content (AvgIpc) is 2.67. The molecule has 0 aliphatic carbocycles. The number of Topliss-reactive ketones (excluding diaryl/α,β-unsaturated/α-hetero) is 1. The van der Waals surface area contributed by atoms with Gasteiger partial charge in [0.15, 0.2) is 5.78 Å². The van der Waals surface area contributed by atoms with Gasteiger partial charge in [0.1, 0.15) is 0 Å². The molecule has 1 aliphatic rings. The van der Waals surface area contributed by atoms with Crippen molar-refractivity contribution >= 4 is 5.78 Å². The summed E-state index contributed by atoms with van der Waals surface area (Å²) in [5, 5.41) is 0. The van der Waals surface area contributed by atoms with E-state index >= 15 is 0 Å². The van der Waals surface area contributed by atoms with Crippen LogP contribution < -0.4 is 0 Å². The molecule has 2 heteroatoms. The number of carbonyl (C=O) groups is 1. The van der Waals surface area contributed by atoms with Crippen LogP contribution in [0.5, 0.6) is 0 Å². The van der Waals surface area contributed by atoms with Gasteiger partial charge in [0.25, 0.3) is 0 Å². The molecular weight excluding hydrogens is 138 g/mol. The predicted octanol–water partition coefficient (Wildman–Crippen LogP) is 1.08. The third kappa shape index (κ3) is 1.90. The maximum Gasteiger partial charge on any atom is 0.153 e. The van der Waals surface area contributed by atoms with Crippen molar-refractivity contribution in [3.8, 4) is 0 Å². The normalized spacial score (nSPS) is 28.6. The van der Waals surface area contributed by atoms with Crippen LogP contribution in [0.1, 0.15) is 13.8 Å². The molecule has 1 rings (SSSR count). The molecular formula is C9H15NO. The number of nitrogens with zero attached hydrogens (tertiary/aromatic N) is 1. The summed E-state index contributed by atoms with van der Waals surface area (Å²) < 4.78 is 0. The summed E-state index contributed by atoms with van der Waals surface area (Å²) in [7, 11) is 0. The third-order valence-electron chi connectivity index (χ3n) is 1.98. The molecule has 11 heavy (non-hydrogen) atoms. The standard InChI is InChI=1S/C9H15NO/c1-4-5-10-6-8(10)9(11)7(2)3/h4,7-8H,1,5-6H2,2-3H3. The lowest BCUT2D eigenvalue weighted by Gasteiger charge is -2.01. The Bertz CT molecular complexity index is 174. The van der Waals surface area contributed by atoms with Crippen LogP contribution >= 0.6 is 0 Å². The molecule has 1 aliphatic heterocycles. The average molecular weight is 153 g/mol. The van der Waals surface area contributed by atoms with Gasteiger partial charge in [0.2, 0.25) is 0 Å². The van der Waals surface area contributed by atoms with Gasteiger partial charge in [-0.1, -0.05) is 19.9 Å². The Balaban J connectivity index is 2.31. The molecule has 2 atom stereocenters. The van der Waals surface area contributed by atoms with Crippen molar-refractivity contribution in [1.29, 1.82) is 0 Å². The molecule has 0 saturated carbocycles. The molecule has 1 fully saturated rings. The van der Waals surface area contributed by atoms with Crippen LogP contribution in [0.2, 0.25) is 0 Å². The first-order chi connectivity index (χ1) is 5.16. The Labute approximate surface area is 67.9 Å². The van der Waals surface area contributed by atoms with Crippen molar-refractivity contribution in [2.24, 2.45) is 5.92 Å².